The van der Waals surface area contributed by atoms with Gasteiger partial charge in [-0.3, -0.25) is 9.36 Å². The maximum Gasteiger partial charge on any atom is 0.338 e. The van der Waals surface area contributed by atoms with Gasteiger partial charge in [-0.1, -0.05) is 67.6 Å². The van der Waals surface area contributed by atoms with Gasteiger partial charge in [0, 0.05) is 5.56 Å². The molecule has 2 aliphatic heterocycles. The maximum atomic E-state index is 13.8. The molecule has 0 N–H and O–H groups in total. The van der Waals surface area contributed by atoms with E-state index in [-0.39, 0.29) is 11.7 Å². The summed E-state index contributed by atoms with van der Waals surface area (Å²) in [6.07, 6.45) is 3.72. The van der Waals surface area contributed by atoms with Crippen LogP contribution in [0.25, 0.3) is 12.2 Å². The highest BCUT2D eigenvalue weighted by atomic mass is 32.1. The Morgan fingerprint density at radius 1 is 1.17 bits per heavy atom. The lowest BCUT2D eigenvalue weighted by Crippen LogP contribution is -2.40. The standard InChI is InChI=1S/C29H28N2O4S/c1-16(2)19-10-12-20(13-11-19)26-25(28(33)34-5)17(3)30-29-31(26)27(32)24(36-29)15-22-14-21-8-6-7-9-23(21)35-18(22)4/h6-16,18,26H,1-5H3. The lowest BCUT2D eigenvalue weighted by atomic mass is 9.93. The van der Waals surface area contributed by atoms with Crippen LogP contribution < -0.4 is 19.6 Å². The molecular formula is C29H28N2O4S. The van der Waals surface area contributed by atoms with Gasteiger partial charge in [0.2, 0.25) is 0 Å². The van der Waals surface area contributed by atoms with Crippen molar-refractivity contribution >= 4 is 29.5 Å². The number of ether oxygens (including phenoxy) is 2. The van der Waals surface area contributed by atoms with Crippen LogP contribution in [0.3, 0.4) is 0 Å². The summed E-state index contributed by atoms with van der Waals surface area (Å²) in [5.74, 6) is 0.709. The van der Waals surface area contributed by atoms with E-state index in [1.807, 2.05) is 61.5 Å². The smallest absolute Gasteiger partial charge is 0.338 e. The molecule has 0 saturated heterocycles. The van der Waals surface area contributed by atoms with Gasteiger partial charge in [0.25, 0.3) is 5.56 Å². The fourth-order valence-corrected chi connectivity index (χ4v) is 5.69. The Morgan fingerprint density at radius 3 is 2.58 bits per heavy atom. The predicted octanol–water partition coefficient (Wildman–Crippen LogP) is 4.35. The summed E-state index contributed by atoms with van der Waals surface area (Å²) in [6, 6.07) is 15.3. The molecule has 0 spiro atoms. The Balaban J connectivity index is 1.69. The van der Waals surface area contributed by atoms with Crippen molar-refractivity contribution in [3.63, 3.8) is 0 Å². The van der Waals surface area contributed by atoms with Crippen molar-refractivity contribution < 1.29 is 14.3 Å². The number of benzene rings is 2. The SMILES string of the molecule is COC(=O)C1=C(C)N=c2sc(=CC3=Cc4ccccc4OC3C)c(=O)n2C1c1ccc(C(C)C)cc1. The summed E-state index contributed by atoms with van der Waals surface area (Å²) in [4.78, 5) is 31.8. The van der Waals surface area contributed by atoms with Crippen LogP contribution in [-0.2, 0) is 9.53 Å². The van der Waals surface area contributed by atoms with E-state index in [9.17, 15) is 9.59 Å². The molecule has 7 heteroatoms. The average molecular weight is 501 g/mol. The van der Waals surface area contributed by atoms with Crippen molar-refractivity contribution in [1.82, 2.24) is 4.57 Å². The van der Waals surface area contributed by atoms with Gasteiger partial charge < -0.3 is 9.47 Å². The first-order chi connectivity index (χ1) is 17.3. The molecule has 0 bridgehead atoms. The number of para-hydroxylation sites is 1. The molecule has 0 aliphatic carbocycles. The third kappa shape index (κ3) is 4.13. The molecule has 1 aromatic heterocycles. The van der Waals surface area contributed by atoms with Crippen LogP contribution in [0.4, 0.5) is 0 Å². The zero-order valence-corrected chi connectivity index (χ0v) is 21.8. The monoisotopic (exact) mass is 500 g/mol. The van der Waals surface area contributed by atoms with Crippen LogP contribution in [-0.4, -0.2) is 23.8 Å². The molecule has 3 aromatic rings. The highest BCUT2D eigenvalue weighted by molar-refractivity contribution is 7.07. The molecule has 3 heterocycles. The molecule has 5 rings (SSSR count). The zero-order chi connectivity index (χ0) is 25.6. The van der Waals surface area contributed by atoms with E-state index in [1.165, 1.54) is 24.0 Å². The molecule has 6 nitrogen and oxygen atoms in total. The molecule has 2 aliphatic rings. The molecule has 0 fully saturated rings. The van der Waals surface area contributed by atoms with Gasteiger partial charge >= 0.3 is 5.97 Å². The summed E-state index contributed by atoms with van der Waals surface area (Å²) in [7, 11) is 1.35. The topological polar surface area (TPSA) is 69.9 Å². The third-order valence-corrected chi connectivity index (χ3v) is 7.64. The Labute approximate surface area is 213 Å². The van der Waals surface area contributed by atoms with Crippen molar-refractivity contribution in [1.29, 1.82) is 0 Å². The fourth-order valence-electron chi connectivity index (χ4n) is 4.64. The quantitative estimate of drug-likeness (QED) is 0.500. The summed E-state index contributed by atoms with van der Waals surface area (Å²) in [5.41, 5.74) is 4.63. The second-order valence-corrected chi connectivity index (χ2v) is 10.3. The number of aromatic nitrogens is 1. The first-order valence-electron chi connectivity index (χ1n) is 12.0. The Hall–Kier alpha value is -3.71. The van der Waals surface area contributed by atoms with E-state index in [4.69, 9.17) is 9.47 Å². The van der Waals surface area contributed by atoms with E-state index in [0.717, 1.165) is 22.4 Å². The Bertz CT molecular complexity index is 1590. The number of esters is 1. The maximum absolute atomic E-state index is 13.8. The molecule has 0 saturated carbocycles. The summed E-state index contributed by atoms with van der Waals surface area (Å²) in [6.45, 7) is 8.01. The van der Waals surface area contributed by atoms with Crippen LogP contribution in [0, 0.1) is 0 Å². The highest BCUT2D eigenvalue weighted by Crippen LogP contribution is 2.32. The third-order valence-electron chi connectivity index (χ3n) is 6.66. The number of fused-ring (bicyclic) bond motifs is 2. The van der Waals surface area contributed by atoms with Gasteiger partial charge in [0.15, 0.2) is 4.80 Å². The molecule has 184 valence electrons. The molecule has 2 aromatic carbocycles. The van der Waals surface area contributed by atoms with Crippen molar-refractivity contribution in [3.8, 4) is 5.75 Å². The largest absolute Gasteiger partial charge is 0.485 e. The summed E-state index contributed by atoms with van der Waals surface area (Å²) >= 11 is 1.32. The summed E-state index contributed by atoms with van der Waals surface area (Å²) in [5, 5.41) is 0. The van der Waals surface area contributed by atoms with Crippen molar-refractivity contribution in [3.05, 3.63) is 102 Å². The second-order valence-electron chi connectivity index (χ2n) is 9.34. The average Bonchev–Trinajstić information content (AvgIpc) is 3.17. The molecule has 36 heavy (non-hydrogen) atoms. The van der Waals surface area contributed by atoms with Crippen LogP contribution in [0.15, 0.2) is 75.2 Å². The molecule has 0 radical (unpaired) electrons. The van der Waals surface area contributed by atoms with E-state index >= 15 is 0 Å². The lowest BCUT2D eigenvalue weighted by Gasteiger charge is -2.24. The zero-order valence-electron chi connectivity index (χ0n) is 20.9. The minimum atomic E-state index is -0.619. The molecule has 0 amide bonds. The number of thiazole rings is 1. The first kappa shape index (κ1) is 24.0. The highest BCUT2D eigenvalue weighted by Gasteiger charge is 2.33. The fraction of sp³-hybridized carbons (Fsp3) is 0.276. The number of nitrogens with zero attached hydrogens (tertiary/aromatic N) is 2. The summed E-state index contributed by atoms with van der Waals surface area (Å²) < 4.78 is 13.3. The molecule has 2 unspecified atom stereocenters. The van der Waals surface area contributed by atoms with Crippen molar-refractivity contribution in [2.24, 2.45) is 4.99 Å². The van der Waals surface area contributed by atoms with Crippen LogP contribution in [0.2, 0.25) is 0 Å². The minimum absolute atomic E-state index is 0.197. The van der Waals surface area contributed by atoms with Crippen molar-refractivity contribution in [2.75, 3.05) is 7.11 Å². The van der Waals surface area contributed by atoms with Crippen LogP contribution in [0.5, 0.6) is 5.75 Å². The lowest BCUT2D eigenvalue weighted by molar-refractivity contribution is -0.136. The second kappa shape index (κ2) is 9.39. The van der Waals surface area contributed by atoms with E-state index in [2.05, 4.69) is 24.9 Å². The number of carbonyl (C=O) groups excluding carboxylic acids is 1. The Morgan fingerprint density at radius 2 is 1.89 bits per heavy atom. The van der Waals surface area contributed by atoms with Crippen LogP contribution >= 0.6 is 11.3 Å². The van der Waals surface area contributed by atoms with Gasteiger partial charge in [-0.25, -0.2) is 9.79 Å². The minimum Gasteiger partial charge on any atom is -0.485 e. The van der Waals surface area contributed by atoms with E-state index in [1.54, 1.807) is 11.5 Å². The van der Waals surface area contributed by atoms with E-state index < -0.39 is 12.0 Å². The number of methoxy groups -OCH3 is 1. The molecule has 2 atom stereocenters. The number of carbonyl (C=O) groups is 1. The van der Waals surface area contributed by atoms with Gasteiger partial charge in [0.1, 0.15) is 11.9 Å². The van der Waals surface area contributed by atoms with Gasteiger partial charge in [-0.05, 0) is 54.7 Å². The number of hydrogen-bond acceptors (Lipinski definition) is 6. The molecular weight excluding hydrogens is 472 g/mol. The van der Waals surface area contributed by atoms with E-state index in [0.29, 0.717) is 26.5 Å². The van der Waals surface area contributed by atoms with Gasteiger partial charge in [-0.2, -0.15) is 0 Å². The van der Waals surface area contributed by atoms with Gasteiger partial charge in [-0.15, -0.1) is 0 Å². The van der Waals surface area contributed by atoms with Gasteiger partial charge in [0.05, 0.1) is 29.0 Å². The number of rotatable bonds is 4. The normalized spacial score (nSPS) is 19.3. The first-order valence-corrected chi connectivity index (χ1v) is 12.8. The number of hydrogen-bond donors (Lipinski definition) is 0. The Kier molecular flexibility index (Phi) is 6.26. The van der Waals surface area contributed by atoms with Crippen LogP contribution in [0.1, 0.15) is 56.3 Å². The van der Waals surface area contributed by atoms with Crippen molar-refractivity contribution in [2.45, 2.75) is 45.8 Å². The number of allylic oxidation sites excluding steroid dienone is 1. The predicted molar refractivity (Wildman–Crippen MR) is 142 cm³/mol.